The molecule has 1 aliphatic rings. The second-order valence-corrected chi connectivity index (χ2v) is 7.21. The van der Waals surface area contributed by atoms with Gasteiger partial charge in [-0.3, -0.25) is 4.79 Å². The van der Waals surface area contributed by atoms with E-state index in [4.69, 9.17) is 9.15 Å². The standard InChI is InChI=1S/C24H21N3O3/c1-29-19-8-4-2-6-16(19)10-11-22(28)27-13-12-18-23(26-15-25-18)24(27)21-14-17-7-3-5-9-20(17)30-21/h2-11,14-15,24H,12-13H2,1H3,(H,25,26)/b11-10+/t24-/m1/s1. The number of aromatic nitrogens is 2. The van der Waals surface area contributed by atoms with Crippen LogP contribution in [0.3, 0.4) is 0 Å². The summed E-state index contributed by atoms with van der Waals surface area (Å²) in [5, 5.41) is 1.01. The van der Waals surface area contributed by atoms with Crippen LogP contribution in [0.25, 0.3) is 17.0 Å². The number of methoxy groups -OCH3 is 1. The molecule has 0 fully saturated rings. The van der Waals surface area contributed by atoms with Gasteiger partial charge in [-0.15, -0.1) is 0 Å². The number of hydrogen-bond acceptors (Lipinski definition) is 4. The zero-order valence-electron chi connectivity index (χ0n) is 16.5. The molecule has 1 amide bonds. The van der Waals surface area contributed by atoms with Crippen molar-refractivity contribution in [2.24, 2.45) is 0 Å². The summed E-state index contributed by atoms with van der Waals surface area (Å²) in [5.74, 6) is 1.34. The molecule has 1 aliphatic heterocycles. The number of nitrogens with zero attached hydrogens (tertiary/aromatic N) is 2. The summed E-state index contributed by atoms with van der Waals surface area (Å²) >= 11 is 0. The van der Waals surface area contributed by atoms with Gasteiger partial charge in [0.05, 0.1) is 19.1 Å². The molecule has 5 rings (SSSR count). The van der Waals surface area contributed by atoms with Gasteiger partial charge in [-0.2, -0.15) is 0 Å². The van der Waals surface area contributed by atoms with Crippen LogP contribution in [0.1, 0.15) is 28.8 Å². The average Bonchev–Trinajstić information content (AvgIpc) is 3.43. The van der Waals surface area contributed by atoms with E-state index in [9.17, 15) is 4.79 Å². The largest absolute Gasteiger partial charge is 0.496 e. The highest BCUT2D eigenvalue weighted by Gasteiger charge is 2.35. The molecule has 1 N–H and O–H groups in total. The van der Waals surface area contributed by atoms with Crippen molar-refractivity contribution in [2.75, 3.05) is 13.7 Å². The minimum atomic E-state index is -0.373. The SMILES string of the molecule is COc1ccccc1/C=C/C(=O)N1CCc2[nH]cnc2[C@H]1c1cc2ccccc2o1. The van der Waals surface area contributed by atoms with Crippen molar-refractivity contribution in [2.45, 2.75) is 12.5 Å². The lowest BCUT2D eigenvalue weighted by Crippen LogP contribution is -2.39. The van der Waals surface area contributed by atoms with Crippen molar-refractivity contribution in [3.05, 3.63) is 89.7 Å². The maximum atomic E-state index is 13.2. The fourth-order valence-electron chi connectivity index (χ4n) is 4.00. The summed E-state index contributed by atoms with van der Waals surface area (Å²) in [6.45, 7) is 0.575. The number of benzene rings is 2. The van der Waals surface area contributed by atoms with Crippen LogP contribution in [0.4, 0.5) is 0 Å². The number of H-pyrrole nitrogens is 1. The van der Waals surface area contributed by atoms with E-state index in [1.165, 1.54) is 0 Å². The third kappa shape index (κ3) is 3.16. The molecule has 0 bridgehead atoms. The molecule has 0 radical (unpaired) electrons. The molecule has 0 saturated carbocycles. The van der Waals surface area contributed by atoms with E-state index in [1.807, 2.05) is 59.5 Å². The molecule has 0 unspecified atom stereocenters. The number of rotatable bonds is 4. The fraction of sp³-hybridized carbons (Fsp3) is 0.167. The summed E-state index contributed by atoms with van der Waals surface area (Å²) in [4.78, 5) is 22.7. The minimum absolute atomic E-state index is 0.0972. The highest BCUT2D eigenvalue weighted by molar-refractivity contribution is 5.93. The lowest BCUT2D eigenvalue weighted by Gasteiger charge is -2.33. The molecule has 6 heteroatoms. The Balaban J connectivity index is 1.51. The van der Waals surface area contributed by atoms with Crippen LogP contribution >= 0.6 is 0 Å². The number of carbonyl (C=O) groups is 1. The fourth-order valence-corrected chi connectivity index (χ4v) is 4.00. The number of amides is 1. The van der Waals surface area contributed by atoms with E-state index in [0.717, 1.165) is 40.1 Å². The van der Waals surface area contributed by atoms with Crippen LogP contribution in [0, 0.1) is 0 Å². The molecule has 0 spiro atoms. The summed E-state index contributed by atoms with van der Waals surface area (Å²) in [6, 6.07) is 17.1. The second kappa shape index (κ2) is 7.55. The van der Waals surface area contributed by atoms with Crippen LogP contribution in [0.2, 0.25) is 0 Å². The molecule has 0 aliphatic carbocycles. The van der Waals surface area contributed by atoms with Gasteiger partial charge in [-0.1, -0.05) is 36.4 Å². The smallest absolute Gasteiger partial charge is 0.247 e. The molecule has 2 aromatic heterocycles. The van der Waals surface area contributed by atoms with Crippen LogP contribution < -0.4 is 4.74 Å². The van der Waals surface area contributed by atoms with Gasteiger partial charge >= 0.3 is 0 Å². The van der Waals surface area contributed by atoms with E-state index < -0.39 is 0 Å². The molecule has 2 aromatic carbocycles. The van der Waals surface area contributed by atoms with Gasteiger partial charge in [0, 0.05) is 35.7 Å². The Morgan fingerprint density at radius 3 is 2.93 bits per heavy atom. The van der Waals surface area contributed by atoms with Crippen LogP contribution in [-0.4, -0.2) is 34.4 Å². The van der Waals surface area contributed by atoms with Gasteiger partial charge in [-0.25, -0.2) is 4.98 Å². The molecule has 0 saturated heterocycles. The third-order valence-electron chi connectivity index (χ3n) is 5.47. The van der Waals surface area contributed by atoms with Crippen LogP contribution in [0.5, 0.6) is 5.75 Å². The van der Waals surface area contributed by atoms with Gasteiger partial charge in [0.25, 0.3) is 0 Å². The number of aromatic amines is 1. The monoisotopic (exact) mass is 399 g/mol. The first kappa shape index (κ1) is 18.2. The average molecular weight is 399 g/mol. The van der Waals surface area contributed by atoms with Crippen molar-refractivity contribution in [3.63, 3.8) is 0 Å². The highest BCUT2D eigenvalue weighted by Crippen LogP contribution is 2.36. The number of imidazole rings is 1. The summed E-state index contributed by atoms with van der Waals surface area (Å²) < 4.78 is 11.5. The topological polar surface area (TPSA) is 71.4 Å². The molecular formula is C24H21N3O3. The first-order valence-corrected chi connectivity index (χ1v) is 9.87. The highest BCUT2D eigenvalue weighted by atomic mass is 16.5. The van der Waals surface area contributed by atoms with Crippen molar-refractivity contribution in [1.29, 1.82) is 0 Å². The quantitative estimate of drug-likeness (QED) is 0.518. The van der Waals surface area contributed by atoms with Crippen molar-refractivity contribution in [3.8, 4) is 5.75 Å². The Morgan fingerprint density at radius 2 is 2.07 bits per heavy atom. The number of furan rings is 1. The lowest BCUT2D eigenvalue weighted by molar-refractivity contribution is -0.128. The number of ether oxygens (including phenoxy) is 1. The zero-order chi connectivity index (χ0) is 20.5. The van der Waals surface area contributed by atoms with Crippen LogP contribution in [0.15, 0.2) is 71.4 Å². The first-order valence-electron chi connectivity index (χ1n) is 9.87. The molecule has 3 heterocycles. The molecule has 1 atom stereocenters. The predicted molar refractivity (Wildman–Crippen MR) is 114 cm³/mol. The molecule has 150 valence electrons. The predicted octanol–water partition coefficient (Wildman–Crippen LogP) is 4.35. The van der Waals surface area contributed by atoms with Crippen molar-refractivity contribution >= 4 is 23.0 Å². The van der Waals surface area contributed by atoms with E-state index in [2.05, 4.69) is 9.97 Å². The normalized spacial score (nSPS) is 16.2. The van der Waals surface area contributed by atoms with E-state index in [0.29, 0.717) is 12.3 Å². The summed E-state index contributed by atoms with van der Waals surface area (Å²) in [5.41, 5.74) is 3.52. The Bertz CT molecular complexity index is 1200. The Hall–Kier alpha value is -3.80. The zero-order valence-corrected chi connectivity index (χ0v) is 16.5. The molecule has 4 aromatic rings. The Labute approximate surface area is 173 Å². The maximum absolute atomic E-state index is 13.2. The van der Waals surface area contributed by atoms with Gasteiger partial charge < -0.3 is 19.0 Å². The van der Waals surface area contributed by atoms with Crippen LogP contribution in [-0.2, 0) is 11.2 Å². The third-order valence-corrected chi connectivity index (χ3v) is 5.47. The molecule has 6 nitrogen and oxygen atoms in total. The minimum Gasteiger partial charge on any atom is -0.496 e. The number of hydrogen-bond donors (Lipinski definition) is 1. The summed E-state index contributed by atoms with van der Waals surface area (Å²) in [7, 11) is 1.62. The maximum Gasteiger partial charge on any atom is 0.247 e. The second-order valence-electron chi connectivity index (χ2n) is 7.21. The number of nitrogens with one attached hydrogen (secondary N) is 1. The van der Waals surface area contributed by atoms with E-state index in [-0.39, 0.29) is 11.9 Å². The first-order chi connectivity index (χ1) is 14.7. The van der Waals surface area contributed by atoms with E-state index >= 15 is 0 Å². The van der Waals surface area contributed by atoms with Gasteiger partial charge in [0.15, 0.2) is 0 Å². The van der Waals surface area contributed by atoms with E-state index in [1.54, 1.807) is 25.6 Å². The number of carbonyl (C=O) groups excluding carboxylic acids is 1. The molecule has 30 heavy (non-hydrogen) atoms. The summed E-state index contributed by atoms with van der Waals surface area (Å²) in [6.07, 6.45) is 5.78. The molecular weight excluding hydrogens is 378 g/mol. The number of fused-ring (bicyclic) bond motifs is 2. The Morgan fingerprint density at radius 1 is 1.23 bits per heavy atom. The lowest BCUT2D eigenvalue weighted by atomic mass is 10.00. The van der Waals surface area contributed by atoms with Gasteiger partial charge in [0.2, 0.25) is 5.91 Å². The Kier molecular flexibility index (Phi) is 4.59. The van der Waals surface area contributed by atoms with Gasteiger partial charge in [0.1, 0.15) is 23.1 Å². The number of para-hydroxylation sites is 2. The van der Waals surface area contributed by atoms with Crippen molar-refractivity contribution < 1.29 is 13.9 Å². The van der Waals surface area contributed by atoms with Crippen molar-refractivity contribution in [1.82, 2.24) is 14.9 Å². The van der Waals surface area contributed by atoms with Gasteiger partial charge in [-0.05, 0) is 24.3 Å².